The van der Waals surface area contributed by atoms with Gasteiger partial charge in [0.05, 0.1) is 5.56 Å². The van der Waals surface area contributed by atoms with Crippen molar-refractivity contribution in [2.24, 2.45) is 0 Å². The molecule has 3 heteroatoms. The maximum Gasteiger partial charge on any atom is 0.343 e. The van der Waals surface area contributed by atoms with Gasteiger partial charge in [-0.15, -0.1) is 0 Å². The summed E-state index contributed by atoms with van der Waals surface area (Å²) in [6, 6.07) is 20.9. The first-order chi connectivity index (χ1) is 11.2. The van der Waals surface area contributed by atoms with Gasteiger partial charge in [-0.1, -0.05) is 60.7 Å². The van der Waals surface area contributed by atoms with Crippen molar-refractivity contribution in [2.75, 3.05) is 0 Å². The van der Waals surface area contributed by atoms with E-state index in [-0.39, 0.29) is 5.75 Å². The predicted octanol–water partition coefficient (Wildman–Crippen LogP) is 4.19. The zero-order valence-corrected chi connectivity index (χ0v) is 12.7. The highest BCUT2D eigenvalue weighted by atomic mass is 16.4. The highest BCUT2D eigenvalue weighted by Gasteiger charge is 2.12. The lowest BCUT2D eigenvalue weighted by Gasteiger charge is -2.06. The van der Waals surface area contributed by atoms with Gasteiger partial charge in [0.2, 0.25) is 0 Å². The Morgan fingerprint density at radius 3 is 2.17 bits per heavy atom. The first kappa shape index (κ1) is 15.1. The number of hydrogen-bond acceptors (Lipinski definition) is 3. The Bertz CT molecular complexity index is 821. The Morgan fingerprint density at radius 1 is 0.870 bits per heavy atom. The number of benzene rings is 2. The normalized spacial score (nSPS) is 10.6. The van der Waals surface area contributed by atoms with E-state index < -0.39 is 5.63 Å². The summed E-state index contributed by atoms with van der Waals surface area (Å²) in [4.78, 5) is 12.1. The van der Waals surface area contributed by atoms with E-state index in [1.54, 1.807) is 0 Å². The molecule has 2 aromatic carbocycles. The minimum Gasteiger partial charge on any atom is -0.507 e. The summed E-state index contributed by atoms with van der Waals surface area (Å²) >= 11 is 0. The van der Waals surface area contributed by atoms with Crippen LogP contribution < -0.4 is 5.63 Å². The third-order valence-electron chi connectivity index (χ3n) is 3.82. The second-order valence-electron chi connectivity index (χ2n) is 5.47. The number of aromatic hydroxyl groups is 1. The molecule has 1 heterocycles. The van der Waals surface area contributed by atoms with Gasteiger partial charge in [0, 0.05) is 11.6 Å². The van der Waals surface area contributed by atoms with E-state index in [9.17, 15) is 9.90 Å². The Hall–Kier alpha value is -2.81. The molecule has 0 unspecified atom stereocenters. The molecule has 0 amide bonds. The maximum atomic E-state index is 12.1. The number of aryl methyl sites for hydroxylation is 1. The summed E-state index contributed by atoms with van der Waals surface area (Å²) in [6.07, 6.45) is 2.14. The fraction of sp³-hybridized carbons (Fsp3) is 0.150. The molecule has 0 spiro atoms. The Kier molecular flexibility index (Phi) is 4.57. The minimum atomic E-state index is -0.461. The van der Waals surface area contributed by atoms with Crippen LogP contribution in [0.3, 0.4) is 0 Å². The second-order valence-corrected chi connectivity index (χ2v) is 5.47. The van der Waals surface area contributed by atoms with Gasteiger partial charge in [0.25, 0.3) is 0 Å². The second kappa shape index (κ2) is 6.97. The minimum absolute atomic E-state index is 0.00756. The molecule has 116 valence electrons. The zero-order chi connectivity index (χ0) is 16.1. The van der Waals surface area contributed by atoms with Crippen LogP contribution in [0, 0.1) is 0 Å². The van der Waals surface area contributed by atoms with Crippen molar-refractivity contribution in [3.8, 4) is 17.1 Å². The zero-order valence-electron chi connectivity index (χ0n) is 12.7. The van der Waals surface area contributed by atoms with Gasteiger partial charge in [-0.25, -0.2) is 4.79 Å². The van der Waals surface area contributed by atoms with Crippen LogP contribution in [-0.4, -0.2) is 5.11 Å². The van der Waals surface area contributed by atoms with Gasteiger partial charge in [0.15, 0.2) is 0 Å². The molecule has 3 nitrogen and oxygen atoms in total. The molecular weight excluding hydrogens is 288 g/mol. The summed E-state index contributed by atoms with van der Waals surface area (Å²) in [5.41, 5.74) is 1.88. The molecule has 0 fully saturated rings. The molecule has 0 aliphatic carbocycles. The van der Waals surface area contributed by atoms with Gasteiger partial charge in [-0.05, 0) is 24.8 Å². The lowest BCUT2D eigenvalue weighted by atomic mass is 10.0. The van der Waals surface area contributed by atoms with Crippen LogP contribution in [0.2, 0.25) is 0 Å². The van der Waals surface area contributed by atoms with E-state index in [1.165, 1.54) is 11.6 Å². The summed E-state index contributed by atoms with van der Waals surface area (Å²) in [7, 11) is 0. The van der Waals surface area contributed by atoms with Crippen molar-refractivity contribution in [1.29, 1.82) is 0 Å². The molecule has 0 radical (unpaired) electrons. The smallest absolute Gasteiger partial charge is 0.343 e. The van der Waals surface area contributed by atoms with E-state index in [0.717, 1.165) is 18.4 Å². The van der Waals surface area contributed by atoms with E-state index >= 15 is 0 Å². The molecule has 0 bridgehead atoms. The molecule has 0 saturated heterocycles. The van der Waals surface area contributed by atoms with E-state index in [1.807, 2.05) is 48.5 Å². The van der Waals surface area contributed by atoms with Crippen molar-refractivity contribution in [3.05, 3.63) is 88.3 Å². The average Bonchev–Trinajstić information content (AvgIpc) is 2.59. The molecule has 3 rings (SSSR count). The fourth-order valence-corrected chi connectivity index (χ4v) is 2.60. The van der Waals surface area contributed by atoms with Crippen molar-refractivity contribution < 1.29 is 9.52 Å². The standard InChI is InChI=1S/C20H18O3/c21-18-14-19(16-11-5-2-6-12-16)23-20(22)17(18)13-7-10-15-8-3-1-4-9-15/h1-6,8-9,11-12,14,21H,7,10,13H2. The number of hydrogen-bond donors (Lipinski definition) is 1. The molecule has 1 N–H and O–H groups in total. The Morgan fingerprint density at radius 2 is 1.52 bits per heavy atom. The highest BCUT2D eigenvalue weighted by molar-refractivity contribution is 5.58. The molecular formula is C20H18O3. The molecule has 0 saturated carbocycles. The maximum absolute atomic E-state index is 12.1. The Labute approximate surface area is 134 Å². The first-order valence-electron chi connectivity index (χ1n) is 7.69. The largest absolute Gasteiger partial charge is 0.507 e. The summed E-state index contributed by atoms with van der Waals surface area (Å²) in [6.45, 7) is 0. The van der Waals surface area contributed by atoms with Crippen molar-refractivity contribution in [1.82, 2.24) is 0 Å². The predicted molar refractivity (Wildman–Crippen MR) is 90.5 cm³/mol. The number of rotatable bonds is 5. The highest BCUT2D eigenvalue weighted by Crippen LogP contribution is 2.24. The molecule has 0 aliphatic rings. The summed E-state index contributed by atoms with van der Waals surface area (Å²) in [5.74, 6) is 0.396. The van der Waals surface area contributed by atoms with Crippen molar-refractivity contribution in [2.45, 2.75) is 19.3 Å². The van der Waals surface area contributed by atoms with E-state index in [2.05, 4.69) is 12.1 Å². The van der Waals surface area contributed by atoms with Crippen molar-refractivity contribution in [3.63, 3.8) is 0 Å². The Balaban J connectivity index is 1.75. The molecule has 0 aliphatic heterocycles. The van der Waals surface area contributed by atoms with Gasteiger partial charge in [0.1, 0.15) is 11.5 Å². The lowest BCUT2D eigenvalue weighted by Crippen LogP contribution is -2.08. The van der Waals surface area contributed by atoms with Crippen LogP contribution in [0.15, 0.2) is 75.9 Å². The van der Waals surface area contributed by atoms with Gasteiger partial charge in [-0.2, -0.15) is 0 Å². The van der Waals surface area contributed by atoms with Gasteiger partial charge in [-0.3, -0.25) is 0 Å². The third kappa shape index (κ3) is 3.69. The topological polar surface area (TPSA) is 50.4 Å². The molecule has 1 aromatic heterocycles. The molecule has 3 aromatic rings. The summed E-state index contributed by atoms with van der Waals surface area (Å²) in [5, 5.41) is 10.2. The van der Waals surface area contributed by atoms with E-state index in [0.29, 0.717) is 17.7 Å². The quantitative estimate of drug-likeness (QED) is 0.769. The SMILES string of the molecule is O=c1oc(-c2ccccc2)cc(O)c1CCCc1ccccc1. The van der Waals surface area contributed by atoms with E-state index in [4.69, 9.17) is 4.42 Å². The van der Waals surface area contributed by atoms with Gasteiger partial charge < -0.3 is 9.52 Å². The van der Waals surface area contributed by atoms with Gasteiger partial charge >= 0.3 is 5.63 Å². The van der Waals surface area contributed by atoms with Crippen LogP contribution in [-0.2, 0) is 12.8 Å². The third-order valence-corrected chi connectivity index (χ3v) is 3.82. The van der Waals surface area contributed by atoms with Crippen LogP contribution >= 0.6 is 0 Å². The van der Waals surface area contributed by atoms with Crippen LogP contribution in [0.4, 0.5) is 0 Å². The van der Waals surface area contributed by atoms with Crippen LogP contribution in [0.25, 0.3) is 11.3 Å². The monoisotopic (exact) mass is 306 g/mol. The molecule has 23 heavy (non-hydrogen) atoms. The molecule has 0 atom stereocenters. The first-order valence-corrected chi connectivity index (χ1v) is 7.69. The average molecular weight is 306 g/mol. The fourth-order valence-electron chi connectivity index (χ4n) is 2.60. The van der Waals surface area contributed by atoms with Crippen LogP contribution in [0.1, 0.15) is 17.5 Å². The summed E-state index contributed by atoms with van der Waals surface area (Å²) < 4.78 is 5.36. The van der Waals surface area contributed by atoms with Crippen molar-refractivity contribution >= 4 is 0 Å². The lowest BCUT2D eigenvalue weighted by molar-refractivity contribution is 0.439. The van der Waals surface area contributed by atoms with Crippen LogP contribution in [0.5, 0.6) is 5.75 Å².